The van der Waals surface area contributed by atoms with Gasteiger partial charge in [-0.1, -0.05) is 215 Å². The molecule has 4 rings (SSSR count). The molecule has 2 N–H and O–H groups in total. The number of hydrogen-bond acceptors (Lipinski definition) is 9. The first kappa shape index (κ1) is 58.3. The van der Waals surface area contributed by atoms with Gasteiger partial charge in [0.05, 0.1) is 4.90 Å². The van der Waals surface area contributed by atoms with Crippen LogP contribution in [-0.2, 0) is 33.1 Å². The summed E-state index contributed by atoms with van der Waals surface area (Å²) in [6, 6.07) is 22.7. The van der Waals surface area contributed by atoms with Crippen molar-refractivity contribution in [2.75, 3.05) is 0 Å². The van der Waals surface area contributed by atoms with Gasteiger partial charge in [0.1, 0.15) is 33.1 Å². The van der Waals surface area contributed by atoms with Gasteiger partial charge < -0.3 is 24.2 Å². The summed E-state index contributed by atoms with van der Waals surface area (Å²) in [7, 11) is -9.54. The maximum atomic E-state index is 11.9. The van der Waals surface area contributed by atoms with Gasteiger partial charge in [0, 0.05) is 0 Å². The smallest absolute Gasteiger partial charge is 0.872 e. The Morgan fingerprint density at radius 3 is 1.14 bits per heavy atom. The molecule has 10 nitrogen and oxygen atoms in total. The molecular weight excluding hydrogens is 889 g/mol. The van der Waals surface area contributed by atoms with Crippen LogP contribution in [0.1, 0.15) is 179 Å². The Kier molecular flexibility index (Phi) is 30.1. The van der Waals surface area contributed by atoms with Gasteiger partial charge >= 0.3 is 47.9 Å². The standard InChI is InChI=1S/2C26H38O5S.Ca/c2*1-2-3-4-5-6-7-8-9-10-11-12-13-17-22-18-14-15-20-24(22)31-25-21-16-19-23(27)26(25)32(28,29)30;/h2*14-16,18-21,27H,2-13,17H2,1H3,(H,28,29,30);/q;;+2/p-2. The zero-order chi connectivity index (χ0) is 46.5. The molecule has 0 aliphatic rings. The third-order valence-corrected chi connectivity index (χ3v) is 13.2. The largest absolute Gasteiger partial charge is 2.00 e. The first-order valence-electron chi connectivity index (χ1n) is 23.9. The van der Waals surface area contributed by atoms with Crippen molar-refractivity contribution < 1.29 is 45.6 Å². The van der Waals surface area contributed by atoms with Crippen molar-refractivity contribution in [1.82, 2.24) is 0 Å². The number of benzene rings is 4. The molecule has 0 unspecified atom stereocenters. The molecule has 0 aliphatic carbocycles. The van der Waals surface area contributed by atoms with Crippen molar-refractivity contribution in [3.63, 3.8) is 0 Å². The molecule has 65 heavy (non-hydrogen) atoms. The van der Waals surface area contributed by atoms with Gasteiger partial charge in [0.2, 0.25) is 0 Å². The van der Waals surface area contributed by atoms with Crippen LogP contribution in [0.5, 0.6) is 34.5 Å². The summed E-state index contributed by atoms with van der Waals surface area (Å²) >= 11 is 0. The molecule has 13 heteroatoms. The molecule has 0 saturated heterocycles. The molecule has 0 radical (unpaired) electrons. The molecule has 0 atom stereocenters. The van der Waals surface area contributed by atoms with Crippen LogP contribution in [0.3, 0.4) is 0 Å². The van der Waals surface area contributed by atoms with E-state index in [9.17, 15) is 36.2 Å². The van der Waals surface area contributed by atoms with E-state index in [-0.39, 0.29) is 49.2 Å². The number of rotatable bonds is 32. The van der Waals surface area contributed by atoms with E-state index < -0.39 is 41.5 Å². The van der Waals surface area contributed by atoms with Gasteiger partial charge in [0.15, 0.2) is 10.6 Å². The van der Waals surface area contributed by atoms with Crippen LogP contribution in [0, 0.1) is 0 Å². The predicted molar refractivity (Wildman–Crippen MR) is 260 cm³/mol. The molecule has 0 heterocycles. The van der Waals surface area contributed by atoms with E-state index in [2.05, 4.69) is 13.8 Å². The maximum Gasteiger partial charge on any atom is 2.00 e. The van der Waals surface area contributed by atoms with Crippen LogP contribution in [0.25, 0.3) is 0 Å². The third kappa shape index (κ3) is 23.6. The number of aromatic hydroxyl groups is 1. The molecule has 4 aromatic rings. The number of unbranched alkanes of at least 4 members (excludes halogenated alkanes) is 22. The molecule has 356 valence electrons. The molecule has 0 aliphatic heterocycles. The first-order valence-corrected chi connectivity index (χ1v) is 26.8. The van der Waals surface area contributed by atoms with E-state index in [4.69, 9.17) is 9.47 Å². The number of aryl methyl sites for hydroxylation is 2. The minimum Gasteiger partial charge on any atom is -0.872 e. The maximum absolute atomic E-state index is 11.9. The minimum absolute atomic E-state index is 0. The normalized spacial score (nSPS) is 11.4. The zero-order valence-electron chi connectivity index (χ0n) is 39.2. The third-order valence-electron chi connectivity index (χ3n) is 11.4. The van der Waals surface area contributed by atoms with Crippen molar-refractivity contribution in [2.45, 2.75) is 191 Å². The number of ether oxygens (including phenoxy) is 2. The zero-order valence-corrected chi connectivity index (χ0v) is 43.0. The molecule has 0 aromatic heterocycles. The van der Waals surface area contributed by atoms with Gasteiger partial charge in [-0.05, 0) is 67.1 Å². The Labute approximate surface area is 421 Å². The second-order valence-corrected chi connectivity index (χ2v) is 19.5. The Hall–Kier alpha value is -2.84. The summed E-state index contributed by atoms with van der Waals surface area (Å²) in [6.07, 6.45) is 32.4. The topological polar surface area (TPSA) is 173 Å². The summed E-state index contributed by atoms with van der Waals surface area (Å²) in [5, 5.41) is 21.8. The van der Waals surface area contributed by atoms with E-state index in [1.165, 1.54) is 159 Å². The van der Waals surface area contributed by atoms with E-state index in [1.54, 1.807) is 18.2 Å². The number of phenolic OH excluding ortho intramolecular Hbond substituents is 1. The Balaban J connectivity index is 0.000000440. The average molecular weight is 963 g/mol. The number of phenols is 1. The van der Waals surface area contributed by atoms with Crippen LogP contribution in [-0.4, -0.2) is 68.8 Å². The van der Waals surface area contributed by atoms with Crippen LogP contribution in [0.15, 0.2) is 94.7 Å². The van der Waals surface area contributed by atoms with Crippen molar-refractivity contribution in [3.8, 4) is 34.5 Å². The molecular formula is C52H74CaO10S2. The second kappa shape index (κ2) is 33.6. The van der Waals surface area contributed by atoms with Gasteiger partial charge in [-0.15, -0.1) is 0 Å². The van der Waals surface area contributed by atoms with Crippen molar-refractivity contribution in [2.24, 2.45) is 0 Å². The van der Waals surface area contributed by atoms with Crippen LogP contribution < -0.4 is 14.6 Å². The predicted octanol–water partition coefficient (Wildman–Crippen LogP) is 14.0. The summed E-state index contributed by atoms with van der Waals surface area (Å²) in [5.41, 5.74) is 1.91. The van der Waals surface area contributed by atoms with E-state index in [0.717, 1.165) is 55.7 Å². The molecule has 0 saturated carbocycles. The average Bonchev–Trinajstić information content (AvgIpc) is 3.25. The Morgan fingerprint density at radius 1 is 0.446 bits per heavy atom. The van der Waals surface area contributed by atoms with Crippen LogP contribution in [0.2, 0.25) is 0 Å². The van der Waals surface area contributed by atoms with Crippen molar-refractivity contribution in [3.05, 3.63) is 96.1 Å². The summed E-state index contributed by atoms with van der Waals surface area (Å²) in [5.74, 6) is -0.680. The number of para-hydroxylation sites is 2. The van der Waals surface area contributed by atoms with Crippen molar-refractivity contribution in [1.29, 1.82) is 0 Å². The summed E-state index contributed by atoms with van der Waals surface area (Å²) in [4.78, 5) is -1.44. The van der Waals surface area contributed by atoms with E-state index in [0.29, 0.717) is 11.5 Å². The molecule has 4 aromatic carbocycles. The van der Waals surface area contributed by atoms with Crippen LogP contribution in [0.4, 0.5) is 0 Å². The quantitative estimate of drug-likeness (QED) is 0.0272. The summed E-state index contributed by atoms with van der Waals surface area (Å²) < 4.78 is 78.8. The van der Waals surface area contributed by atoms with E-state index in [1.807, 2.05) is 30.3 Å². The minimum atomic E-state index is -4.92. The van der Waals surface area contributed by atoms with Gasteiger partial charge in [-0.2, -0.15) is 8.42 Å². The fraction of sp³-hybridized carbons (Fsp3) is 0.538. The monoisotopic (exact) mass is 962 g/mol. The molecule has 0 amide bonds. The van der Waals surface area contributed by atoms with Gasteiger partial charge in [-0.25, -0.2) is 8.42 Å². The van der Waals surface area contributed by atoms with Crippen LogP contribution >= 0.6 is 0 Å². The SMILES string of the molecule is CCCCCCCCCCCCCCc1ccccc1Oc1cccc(O)c1S(=O)(=O)O.CCCCCCCCCCCCCCc1ccccc1Oc1cccc([O-])c1S(=O)(=O)[O-].[Ca+2]. The fourth-order valence-electron chi connectivity index (χ4n) is 7.84. The number of hydrogen-bond donors (Lipinski definition) is 2. The first-order chi connectivity index (χ1) is 30.9. The van der Waals surface area contributed by atoms with Crippen molar-refractivity contribution >= 4 is 58.0 Å². The Bertz CT molecular complexity index is 1970. The van der Waals surface area contributed by atoms with Gasteiger partial charge in [0.25, 0.3) is 0 Å². The molecule has 0 fully saturated rings. The second-order valence-electron chi connectivity index (χ2n) is 16.8. The Morgan fingerprint density at radius 2 is 0.769 bits per heavy atom. The molecule has 0 spiro atoms. The summed E-state index contributed by atoms with van der Waals surface area (Å²) in [6.45, 7) is 4.50. The fourth-order valence-corrected chi connectivity index (χ4v) is 9.20. The van der Waals surface area contributed by atoms with E-state index >= 15 is 0 Å². The van der Waals surface area contributed by atoms with Gasteiger partial charge in [-0.3, -0.25) is 4.55 Å². The molecule has 0 bridgehead atoms.